The first-order chi connectivity index (χ1) is 8.43. The normalized spacial score (nSPS) is 11.8. The van der Waals surface area contributed by atoms with E-state index in [1.807, 2.05) is 6.92 Å². The Labute approximate surface area is 106 Å². The van der Waals surface area contributed by atoms with Gasteiger partial charge in [-0.3, -0.25) is 0 Å². The summed E-state index contributed by atoms with van der Waals surface area (Å²) in [6, 6.07) is 5.35. The number of halogens is 3. The number of rotatable bonds is 2. The van der Waals surface area contributed by atoms with E-state index < -0.39 is 11.7 Å². The molecule has 0 unspecified atom stereocenters. The number of nitrogens with zero attached hydrogens (tertiary/aromatic N) is 1. The third-order valence-corrected chi connectivity index (χ3v) is 3.52. The molecule has 0 bridgehead atoms. The number of thiazole rings is 1. The zero-order valence-electron chi connectivity index (χ0n) is 9.58. The van der Waals surface area contributed by atoms with Crippen LogP contribution in [0.1, 0.15) is 17.5 Å². The van der Waals surface area contributed by atoms with Gasteiger partial charge in [-0.25, -0.2) is 4.98 Å². The summed E-state index contributed by atoms with van der Waals surface area (Å²) < 4.78 is 38.7. The maximum Gasteiger partial charge on any atom is 0.417 e. The summed E-state index contributed by atoms with van der Waals surface area (Å²) in [7, 11) is 0. The van der Waals surface area contributed by atoms with Crippen LogP contribution in [0.15, 0.2) is 24.3 Å². The van der Waals surface area contributed by atoms with E-state index >= 15 is 0 Å². The van der Waals surface area contributed by atoms with Crippen molar-refractivity contribution in [3.8, 4) is 11.3 Å². The van der Waals surface area contributed by atoms with Crippen molar-refractivity contribution in [3.05, 3.63) is 34.8 Å². The molecule has 18 heavy (non-hydrogen) atoms. The van der Waals surface area contributed by atoms with Crippen molar-refractivity contribution in [2.75, 3.05) is 5.73 Å². The van der Waals surface area contributed by atoms with Crippen molar-refractivity contribution in [1.82, 2.24) is 4.98 Å². The highest BCUT2D eigenvalue weighted by molar-refractivity contribution is 7.16. The topological polar surface area (TPSA) is 38.9 Å². The highest BCUT2D eigenvalue weighted by atomic mass is 32.1. The van der Waals surface area contributed by atoms with Gasteiger partial charge in [0.25, 0.3) is 0 Å². The number of alkyl halides is 3. The van der Waals surface area contributed by atoms with Crippen LogP contribution in [-0.2, 0) is 12.6 Å². The van der Waals surface area contributed by atoms with Crippen LogP contribution in [0.4, 0.5) is 18.2 Å². The van der Waals surface area contributed by atoms with Gasteiger partial charge in [-0.05, 0) is 12.5 Å². The van der Waals surface area contributed by atoms with Crippen molar-refractivity contribution in [3.63, 3.8) is 0 Å². The van der Waals surface area contributed by atoms with Gasteiger partial charge < -0.3 is 5.73 Å². The predicted molar refractivity (Wildman–Crippen MR) is 66.3 cm³/mol. The Hall–Kier alpha value is -1.56. The molecule has 0 spiro atoms. The zero-order valence-corrected chi connectivity index (χ0v) is 10.4. The van der Waals surface area contributed by atoms with Gasteiger partial charge in [0.1, 0.15) is 10.7 Å². The largest absolute Gasteiger partial charge is 0.417 e. The van der Waals surface area contributed by atoms with Crippen LogP contribution < -0.4 is 5.73 Å². The second-order valence-corrected chi connectivity index (χ2v) is 4.83. The smallest absolute Gasteiger partial charge is 0.389 e. The Bertz CT molecular complexity index is 561. The summed E-state index contributed by atoms with van der Waals surface area (Å²) in [4.78, 5) is 4.17. The van der Waals surface area contributed by atoms with Gasteiger partial charge in [0, 0.05) is 5.56 Å². The number of hydrogen-bond donors (Lipinski definition) is 1. The zero-order chi connectivity index (χ0) is 13.3. The number of hydrogen-bond acceptors (Lipinski definition) is 3. The second-order valence-electron chi connectivity index (χ2n) is 3.72. The number of nitrogen functional groups attached to an aromatic ring is 1. The minimum absolute atomic E-state index is 0.0402. The van der Waals surface area contributed by atoms with Gasteiger partial charge in [-0.1, -0.05) is 25.1 Å². The van der Waals surface area contributed by atoms with E-state index in [1.54, 1.807) is 6.07 Å². The molecular weight excluding hydrogens is 261 g/mol. The first-order valence-corrected chi connectivity index (χ1v) is 6.17. The molecule has 6 heteroatoms. The quantitative estimate of drug-likeness (QED) is 0.898. The number of anilines is 1. The van der Waals surface area contributed by atoms with Crippen LogP contribution in [-0.4, -0.2) is 4.98 Å². The number of aryl methyl sites for hydroxylation is 1. The van der Waals surface area contributed by atoms with E-state index in [-0.39, 0.29) is 11.3 Å². The number of nitrogens with two attached hydrogens (primary N) is 1. The summed E-state index contributed by atoms with van der Waals surface area (Å²) >= 11 is 1.23. The van der Waals surface area contributed by atoms with E-state index in [2.05, 4.69) is 4.98 Å². The molecule has 1 aromatic heterocycles. The van der Waals surface area contributed by atoms with Gasteiger partial charge in [-0.2, -0.15) is 13.2 Å². The first-order valence-electron chi connectivity index (χ1n) is 5.35. The van der Waals surface area contributed by atoms with Crippen LogP contribution in [0.25, 0.3) is 11.3 Å². The molecule has 0 aliphatic carbocycles. The lowest BCUT2D eigenvalue weighted by atomic mass is 10.0. The van der Waals surface area contributed by atoms with Crippen LogP contribution >= 0.6 is 11.3 Å². The average molecular weight is 272 g/mol. The molecule has 0 fully saturated rings. The number of benzene rings is 1. The Balaban J connectivity index is 2.60. The van der Waals surface area contributed by atoms with Crippen molar-refractivity contribution in [2.24, 2.45) is 0 Å². The molecule has 2 N–H and O–H groups in total. The molecule has 0 radical (unpaired) electrons. The lowest BCUT2D eigenvalue weighted by Gasteiger charge is -2.11. The monoisotopic (exact) mass is 272 g/mol. The Kier molecular flexibility index (Phi) is 3.30. The minimum atomic E-state index is -4.40. The predicted octanol–water partition coefficient (Wildman–Crippen LogP) is 3.97. The number of aromatic nitrogens is 1. The van der Waals surface area contributed by atoms with E-state index in [1.165, 1.54) is 23.5 Å². The van der Waals surface area contributed by atoms with Crippen LogP contribution in [0.5, 0.6) is 0 Å². The Morgan fingerprint density at radius 2 is 1.94 bits per heavy atom. The summed E-state index contributed by atoms with van der Waals surface area (Å²) in [5.41, 5.74) is 5.31. The maximum atomic E-state index is 12.9. The van der Waals surface area contributed by atoms with Crippen LogP contribution in [0, 0.1) is 0 Å². The first kappa shape index (κ1) is 12.9. The van der Waals surface area contributed by atoms with E-state index in [9.17, 15) is 13.2 Å². The van der Waals surface area contributed by atoms with Gasteiger partial charge >= 0.3 is 6.18 Å². The molecule has 0 amide bonds. The van der Waals surface area contributed by atoms with Crippen molar-refractivity contribution >= 4 is 16.3 Å². The van der Waals surface area contributed by atoms with E-state index in [0.717, 1.165) is 11.1 Å². The molecule has 2 nitrogen and oxygen atoms in total. The standard InChI is InChI=1S/C12H11F3N2S/c1-2-9-17-10(11(16)18-9)7-5-3-4-6-8(7)12(13,14)15/h3-6H,2,16H2,1H3. The van der Waals surface area contributed by atoms with Gasteiger partial charge in [0.05, 0.1) is 10.6 Å². The van der Waals surface area contributed by atoms with E-state index in [0.29, 0.717) is 11.4 Å². The van der Waals surface area contributed by atoms with Crippen molar-refractivity contribution in [2.45, 2.75) is 19.5 Å². The van der Waals surface area contributed by atoms with Gasteiger partial charge in [0.2, 0.25) is 0 Å². The van der Waals surface area contributed by atoms with Gasteiger partial charge in [-0.15, -0.1) is 11.3 Å². The summed E-state index contributed by atoms with van der Waals surface area (Å²) in [6.45, 7) is 1.89. The fraction of sp³-hybridized carbons (Fsp3) is 0.250. The molecule has 0 saturated heterocycles. The summed E-state index contributed by atoms with van der Waals surface area (Å²) in [6.07, 6.45) is -3.75. The fourth-order valence-corrected chi connectivity index (χ4v) is 2.45. The molecule has 1 heterocycles. The maximum absolute atomic E-state index is 12.9. The SMILES string of the molecule is CCc1nc(-c2ccccc2C(F)(F)F)c(N)s1. The molecule has 0 atom stereocenters. The average Bonchev–Trinajstić information content (AvgIpc) is 2.69. The van der Waals surface area contributed by atoms with Crippen molar-refractivity contribution in [1.29, 1.82) is 0 Å². The molecule has 1 aromatic carbocycles. The van der Waals surface area contributed by atoms with Gasteiger partial charge in [0.15, 0.2) is 0 Å². The molecule has 0 saturated carbocycles. The van der Waals surface area contributed by atoms with Crippen LogP contribution in [0.3, 0.4) is 0 Å². The fourth-order valence-electron chi connectivity index (χ4n) is 1.66. The molecular formula is C12H11F3N2S. The molecule has 2 aromatic rings. The van der Waals surface area contributed by atoms with Crippen molar-refractivity contribution < 1.29 is 13.2 Å². The third kappa shape index (κ3) is 2.33. The highest BCUT2D eigenvalue weighted by Crippen LogP contribution is 2.39. The summed E-state index contributed by atoms with van der Waals surface area (Å²) in [5.74, 6) is 0. The lowest BCUT2D eigenvalue weighted by molar-refractivity contribution is -0.137. The Morgan fingerprint density at radius 3 is 2.50 bits per heavy atom. The summed E-state index contributed by atoms with van der Waals surface area (Å²) in [5, 5.41) is 1.06. The molecule has 2 rings (SSSR count). The van der Waals surface area contributed by atoms with Crippen LogP contribution in [0.2, 0.25) is 0 Å². The third-order valence-electron chi connectivity index (χ3n) is 2.49. The molecule has 0 aliphatic rings. The minimum Gasteiger partial charge on any atom is -0.389 e. The molecule has 0 aliphatic heterocycles. The lowest BCUT2D eigenvalue weighted by Crippen LogP contribution is -2.07. The second kappa shape index (κ2) is 4.61. The Morgan fingerprint density at radius 1 is 1.28 bits per heavy atom. The highest BCUT2D eigenvalue weighted by Gasteiger charge is 2.34. The molecule has 96 valence electrons. The van der Waals surface area contributed by atoms with E-state index in [4.69, 9.17) is 5.73 Å².